The molecule has 0 radical (unpaired) electrons. The third-order valence-corrected chi connectivity index (χ3v) is 3.46. The lowest BCUT2D eigenvalue weighted by atomic mass is 10.1. The molecule has 0 saturated carbocycles. The fourth-order valence-electron chi connectivity index (χ4n) is 1.51. The van der Waals surface area contributed by atoms with Gasteiger partial charge in [0.05, 0.1) is 11.3 Å². The summed E-state index contributed by atoms with van der Waals surface area (Å²) in [4.78, 5) is 15.9. The van der Waals surface area contributed by atoms with Crippen molar-refractivity contribution in [1.82, 2.24) is 10.4 Å². The molecule has 2 rings (SSSR count). The third kappa shape index (κ3) is 3.98. The zero-order valence-electron chi connectivity index (χ0n) is 10.6. The van der Waals surface area contributed by atoms with Crippen LogP contribution in [-0.4, -0.2) is 16.6 Å². The van der Waals surface area contributed by atoms with Crippen molar-refractivity contribution in [1.29, 1.82) is 0 Å². The monoisotopic (exact) mass is 395 g/mol. The summed E-state index contributed by atoms with van der Waals surface area (Å²) in [5, 5.41) is 4.09. The van der Waals surface area contributed by atoms with Crippen LogP contribution < -0.4 is 5.43 Å². The highest BCUT2D eigenvalue weighted by Gasteiger charge is 2.06. The number of hydrogen-bond donors (Lipinski definition) is 1. The van der Waals surface area contributed by atoms with Gasteiger partial charge in [0.2, 0.25) is 0 Å². The van der Waals surface area contributed by atoms with Crippen molar-refractivity contribution in [2.24, 2.45) is 5.10 Å². The smallest absolute Gasteiger partial charge is 0.267 e. The Morgan fingerprint density at radius 3 is 2.60 bits per heavy atom. The van der Waals surface area contributed by atoms with Crippen molar-refractivity contribution in [3.05, 3.63) is 62.8 Å². The molecule has 0 aliphatic carbocycles. The summed E-state index contributed by atoms with van der Waals surface area (Å²) in [6.07, 6.45) is 3.11. The molecule has 20 heavy (non-hydrogen) atoms. The first kappa shape index (κ1) is 14.9. The molecule has 0 saturated heterocycles. The van der Waals surface area contributed by atoms with Gasteiger partial charge in [0.1, 0.15) is 0 Å². The van der Waals surface area contributed by atoms with Crippen LogP contribution in [0.5, 0.6) is 0 Å². The molecule has 1 heterocycles. The number of halogens is 2. The van der Waals surface area contributed by atoms with Crippen LogP contribution in [0.2, 0.25) is 0 Å². The number of hydrogen-bond acceptors (Lipinski definition) is 3. The second-order valence-electron chi connectivity index (χ2n) is 4.04. The number of rotatable bonds is 3. The zero-order chi connectivity index (χ0) is 14.5. The molecule has 1 aromatic heterocycles. The maximum Gasteiger partial charge on any atom is 0.272 e. The molecule has 0 atom stereocenters. The maximum absolute atomic E-state index is 11.9. The van der Waals surface area contributed by atoms with Crippen molar-refractivity contribution < 1.29 is 4.79 Å². The van der Waals surface area contributed by atoms with E-state index < -0.39 is 0 Å². The van der Waals surface area contributed by atoms with Gasteiger partial charge >= 0.3 is 0 Å². The zero-order valence-corrected chi connectivity index (χ0v) is 13.8. The average Bonchev–Trinajstić information content (AvgIpc) is 2.44. The van der Waals surface area contributed by atoms with Crippen molar-refractivity contribution in [2.75, 3.05) is 0 Å². The molecular formula is C14H11Br2N3O. The van der Waals surface area contributed by atoms with Gasteiger partial charge in [-0.1, -0.05) is 28.1 Å². The van der Waals surface area contributed by atoms with Gasteiger partial charge in [0, 0.05) is 21.3 Å². The van der Waals surface area contributed by atoms with Gasteiger partial charge < -0.3 is 0 Å². The first-order valence-electron chi connectivity index (χ1n) is 5.77. The Morgan fingerprint density at radius 1 is 1.15 bits per heavy atom. The van der Waals surface area contributed by atoms with Gasteiger partial charge in [-0.15, -0.1) is 0 Å². The Bertz CT molecular complexity index is 671. The van der Waals surface area contributed by atoms with Gasteiger partial charge in [-0.25, -0.2) is 5.43 Å². The van der Waals surface area contributed by atoms with Gasteiger partial charge in [-0.3, -0.25) is 9.78 Å². The fraction of sp³-hybridized carbons (Fsp3) is 0.0714. The Balaban J connectivity index is 2.11. The molecule has 4 nitrogen and oxygen atoms in total. The van der Waals surface area contributed by atoms with E-state index in [4.69, 9.17) is 0 Å². The summed E-state index contributed by atoms with van der Waals surface area (Å²) < 4.78 is 1.71. The van der Waals surface area contributed by atoms with E-state index in [0.29, 0.717) is 5.56 Å². The maximum atomic E-state index is 11.9. The Labute approximate surface area is 133 Å². The van der Waals surface area contributed by atoms with Crippen LogP contribution in [0.3, 0.4) is 0 Å². The summed E-state index contributed by atoms with van der Waals surface area (Å²) >= 11 is 6.67. The third-order valence-electron chi connectivity index (χ3n) is 2.53. The number of nitrogens with zero attached hydrogens (tertiary/aromatic N) is 2. The highest BCUT2D eigenvalue weighted by Crippen LogP contribution is 2.12. The van der Waals surface area contributed by atoms with E-state index in [1.54, 1.807) is 12.3 Å². The molecule has 0 aliphatic heterocycles. The quantitative estimate of drug-likeness (QED) is 0.634. The average molecular weight is 397 g/mol. The topological polar surface area (TPSA) is 54.4 Å². The number of carbonyl (C=O) groups is 1. The molecule has 0 spiro atoms. The molecule has 1 N–H and O–H groups in total. The molecule has 2 aromatic rings. The van der Waals surface area contributed by atoms with E-state index in [9.17, 15) is 4.79 Å². The molecular weight excluding hydrogens is 386 g/mol. The molecule has 0 aliphatic rings. The van der Waals surface area contributed by atoms with Gasteiger partial charge in [-0.2, -0.15) is 5.10 Å². The highest BCUT2D eigenvalue weighted by atomic mass is 79.9. The molecule has 0 bridgehead atoms. The summed E-state index contributed by atoms with van der Waals surface area (Å²) in [6.45, 7) is 1.83. The van der Waals surface area contributed by atoms with Crippen molar-refractivity contribution >= 4 is 43.5 Å². The van der Waals surface area contributed by atoms with E-state index in [1.807, 2.05) is 31.2 Å². The first-order valence-corrected chi connectivity index (χ1v) is 7.36. The number of benzene rings is 1. The highest BCUT2D eigenvalue weighted by molar-refractivity contribution is 9.10. The predicted molar refractivity (Wildman–Crippen MR) is 85.8 cm³/mol. The van der Waals surface area contributed by atoms with Crippen molar-refractivity contribution in [2.45, 2.75) is 6.92 Å². The summed E-state index contributed by atoms with van der Waals surface area (Å²) in [7, 11) is 0. The number of pyridine rings is 1. The molecule has 6 heteroatoms. The minimum atomic E-state index is -0.298. The fourth-order valence-corrected chi connectivity index (χ4v) is 2.28. The van der Waals surface area contributed by atoms with Crippen LogP contribution in [0, 0.1) is 0 Å². The second-order valence-corrected chi connectivity index (χ2v) is 5.87. The van der Waals surface area contributed by atoms with E-state index in [-0.39, 0.29) is 5.91 Å². The van der Waals surface area contributed by atoms with Gasteiger partial charge in [0.15, 0.2) is 0 Å². The van der Waals surface area contributed by atoms with E-state index in [0.717, 1.165) is 20.2 Å². The molecule has 1 aromatic carbocycles. The summed E-state index contributed by atoms with van der Waals surface area (Å²) in [5.74, 6) is -0.298. The van der Waals surface area contributed by atoms with Crippen molar-refractivity contribution in [3.63, 3.8) is 0 Å². The van der Waals surface area contributed by atoms with Gasteiger partial charge in [-0.05, 0) is 46.6 Å². The van der Waals surface area contributed by atoms with Crippen molar-refractivity contribution in [3.8, 4) is 0 Å². The Hall–Kier alpha value is -1.53. The number of amides is 1. The minimum Gasteiger partial charge on any atom is -0.267 e. The largest absolute Gasteiger partial charge is 0.272 e. The number of aromatic nitrogens is 1. The number of carbonyl (C=O) groups excluding carboxylic acids is 1. The molecule has 0 fully saturated rings. The minimum absolute atomic E-state index is 0.298. The van der Waals surface area contributed by atoms with E-state index in [2.05, 4.69) is 47.4 Å². The lowest BCUT2D eigenvalue weighted by Gasteiger charge is -2.03. The van der Waals surface area contributed by atoms with E-state index in [1.165, 1.54) is 6.20 Å². The molecule has 102 valence electrons. The number of hydrazone groups is 1. The van der Waals surface area contributed by atoms with Crippen LogP contribution in [0.4, 0.5) is 0 Å². The van der Waals surface area contributed by atoms with Gasteiger partial charge in [0.25, 0.3) is 5.91 Å². The molecule has 0 unspecified atom stereocenters. The lowest BCUT2D eigenvalue weighted by Crippen LogP contribution is -2.19. The number of nitrogens with one attached hydrogen (secondary N) is 1. The summed E-state index contributed by atoms with van der Waals surface area (Å²) in [5.41, 5.74) is 4.63. The van der Waals surface area contributed by atoms with Crippen LogP contribution in [0.15, 0.2) is 56.8 Å². The molecule has 1 amide bonds. The lowest BCUT2D eigenvalue weighted by molar-refractivity contribution is 0.0954. The summed E-state index contributed by atoms with van der Waals surface area (Å²) in [6, 6.07) is 9.40. The van der Waals surface area contributed by atoms with Crippen LogP contribution >= 0.6 is 31.9 Å². The first-order chi connectivity index (χ1) is 9.56. The normalized spacial score (nSPS) is 11.2. The SMILES string of the molecule is C/C(=N/NC(=O)c1cncc(Br)c1)c1cccc(Br)c1. The standard InChI is InChI=1S/C14H11Br2N3O/c1-9(10-3-2-4-12(15)5-10)18-19-14(20)11-6-13(16)8-17-7-11/h2-8H,1H3,(H,19,20)/b18-9-. The second kappa shape index (κ2) is 6.76. The van der Waals surface area contributed by atoms with Crippen LogP contribution in [0.1, 0.15) is 22.8 Å². The predicted octanol–water partition coefficient (Wildman–Crippen LogP) is 3.76. The Morgan fingerprint density at radius 2 is 1.90 bits per heavy atom. The Kier molecular flexibility index (Phi) is 5.03. The van der Waals surface area contributed by atoms with Crippen LogP contribution in [0.25, 0.3) is 0 Å². The van der Waals surface area contributed by atoms with E-state index >= 15 is 0 Å². The van der Waals surface area contributed by atoms with Crippen LogP contribution in [-0.2, 0) is 0 Å².